The van der Waals surface area contributed by atoms with E-state index in [1.54, 1.807) is 18.0 Å². The van der Waals surface area contributed by atoms with Crippen LogP contribution in [-0.4, -0.2) is 46.6 Å². The lowest BCUT2D eigenvalue weighted by molar-refractivity contribution is 0.477. The molecule has 0 aliphatic rings. The first kappa shape index (κ1) is 21.3. The van der Waals surface area contributed by atoms with E-state index in [2.05, 4.69) is 51.2 Å². The molecule has 2 rings (SSSR count). The number of thioether (sulfide) groups is 1. The highest BCUT2D eigenvalue weighted by Crippen LogP contribution is 2.16. The first-order valence-corrected chi connectivity index (χ1v) is 10.9. The molecule has 0 aromatic carbocycles. The molecule has 2 N–H and O–H groups in total. The highest BCUT2D eigenvalue weighted by molar-refractivity contribution is 7.98. The molecule has 0 bridgehead atoms. The number of nitrogens with zero attached hydrogens (tertiary/aromatic N) is 4. The van der Waals surface area contributed by atoms with Crippen LogP contribution >= 0.6 is 11.8 Å². The van der Waals surface area contributed by atoms with Gasteiger partial charge >= 0.3 is 0 Å². The van der Waals surface area contributed by atoms with Crippen LogP contribution < -0.4 is 10.6 Å². The smallest absolute Gasteiger partial charge is 0.191 e. The lowest BCUT2D eigenvalue weighted by atomic mass is 10.2. The lowest BCUT2D eigenvalue weighted by Crippen LogP contribution is -2.38. The normalized spacial score (nSPS) is 12.0. The van der Waals surface area contributed by atoms with Crippen LogP contribution in [0, 0.1) is 5.92 Å². The zero-order valence-corrected chi connectivity index (χ0v) is 17.7. The molecule has 0 fully saturated rings. The van der Waals surface area contributed by atoms with Gasteiger partial charge < -0.3 is 19.6 Å². The highest BCUT2D eigenvalue weighted by atomic mass is 32.2. The van der Waals surface area contributed by atoms with Crippen LogP contribution in [0.25, 0.3) is 0 Å². The van der Waals surface area contributed by atoms with Crippen LogP contribution in [0.1, 0.15) is 38.8 Å². The first-order valence-electron chi connectivity index (χ1n) is 9.64. The number of hydrogen-bond donors (Lipinski definition) is 2. The van der Waals surface area contributed by atoms with E-state index in [4.69, 9.17) is 4.42 Å². The van der Waals surface area contributed by atoms with Crippen molar-refractivity contribution in [3.63, 3.8) is 0 Å². The number of hydrogen-bond acceptors (Lipinski definition) is 5. The van der Waals surface area contributed by atoms with Crippen LogP contribution in [0.3, 0.4) is 0 Å². The minimum atomic E-state index is 0.572. The van der Waals surface area contributed by atoms with E-state index in [9.17, 15) is 0 Å². The number of furan rings is 1. The molecule has 2 aromatic heterocycles. The summed E-state index contributed by atoms with van der Waals surface area (Å²) in [6.45, 7) is 9.84. The summed E-state index contributed by atoms with van der Waals surface area (Å²) in [6.07, 6.45) is 6.42. The van der Waals surface area contributed by atoms with E-state index in [1.165, 1.54) is 0 Å². The van der Waals surface area contributed by atoms with Crippen molar-refractivity contribution in [3.05, 3.63) is 30.0 Å². The second kappa shape index (κ2) is 11.7. The molecule has 8 heteroatoms. The van der Waals surface area contributed by atoms with Crippen LogP contribution in [0.5, 0.6) is 0 Å². The average Bonchev–Trinajstić information content (AvgIpc) is 3.28. The van der Waals surface area contributed by atoms with Crippen molar-refractivity contribution < 1.29 is 4.42 Å². The monoisotopic (exact) mass is 392 g/mol. The Bertz CT molecular complexity index is 680. The fourth-order valence-corrected chi connectivity index (χ4v) is 3.25. The van der Waals surface area contributed by atoms with Gasteiger partial charge in [-0.2, -0.15) is 0 Å². The molecule has 0 amide bonds. The summed E-state index contributed by atoms with van der Waals surface area (Å²) in [7, 11) is 0. The summed E-state index contributed by atoms with van der Waals surface area (Å²) in [4.78, 5) is 4.67. The molecule has 0 atom stereocenters. The Balaban J connectivity index is 1.81. The molecular formula is C19H32N6OS. The summed E-state index contributed by atoms with van der Waals surface area (Å²) in [5.41, 5.74) is 0. The Kier molecular flexibility index (Phi) is 9.24. The number of aryl methyl sites for hydroxylation is 1. The van der Waals surface area contributed by atoms with Gasteiger partial charge in [-0.05, 0) is 37.7 Å². The number of guanidine groups is 1. The third-order valence-corrected chi connectivity index (χ3v) is 4.61. The quantitative estimate of drug-likeness (QED) is 0.265. The van der Waals surface area contributed by atoms with Crippen molar-refractivity contribution >= 4 is 17.7 Å². The Hall–Kier alpha value is -1.96. The average molecular weight is 393 g/mol. The second-order valence-electron chi connectivity index (χ2n) is 6.73. The standard InChI is InChI=1S/C19H32N6OS/c1-5-20-18(22-12-10-16-8-7-13-26-16)21-11-6-9-17-23-24-19(27-4)25(17)14-15(2)3/h7-8,13,15H,5-6,9-12,14H2,1-4H3,(H2,20,21,22). The first-order chi connectivity index (χ1) is 13.1. The molecule has 7 nitrogen and oxygen atoms in total. The molecule has 0 radical (unpaired) electrons. The van der Waals surface area contributed by atoms with Crippen molar-refractivity contribution in [3.8, 4) is 0 Å². The van der Waals surface area contributed by atoms with Gasteiger partial charge in [-0.25, -0.2) is 0 Å². The van der Waals surface area contributed by atoms with E-state index in [0.29, 0.717) is 5.92 Å². The van der Waals surface area contributed by atoms with Gasteiger partial charge in [0.05, 0.1) is 6.26 Å². The van der Waals surface area contributed by atoms with Crippen molar-refractivity contribution in [1.29, 1.82) is 0 Å². The van der Waals surface area contributed by atoms with E-state index in [0.717, 1.165) is 68.1 Å². The van der Waals surface area contributed by atoms with E-state index >= 15 is 0 Å². The van der Waals surface area contributed by atoms with Crippen LogP contribution in [0.4, 0.5) is 0 Å². The summed E-state index contributed by atoms with van der Waals surface area (Å²) in [5.74, 6) is 3.45. The molecule has 2 aromatic rings. The van der Waals surface area contributed by atoms with Gasteiger partial charge in [0, 0.05) is 39.0 Å². The van der Waals surface area contributed by atoms with Crippen molar-refractivity contribution in [2.75, 3.05) is 25.9 Å². The number of rotatable bonds is 11. The fraction of sp³-hybridized carbons (Fsp3) is 0.632. The summed E-state index contributed by atoms with van der Waals surface area (Å²) >= 11 is 1.65. The van der Waals surface area contributed by atoms with E-state index < -0.39 is 0 Å². The fourth-order valence-electron chi connectivity index (χ4n) is 2.73. The number of aromatic nitrogens is 3. The maximum atomic E-state index is 5.36. The third kappa shape index (κ3) is 7.28. The van der Waals surface area contributed by atoms with Crippen LogP contribution in [0.2, 0.25) is 0 Å². The minimum absolute atomic E-state index is 0.572. The van der Waals surface area contributed by atoms with Gasteiger partial charge in [-0.15, -0.1) is 10.2 Å². The molecule has 0 saturated carbocycles. The number of aliphatic imine (C=N–C) groups is 1. The Morgan fingerprint density at radius 3 is 2.81 bits per heavy atom. The molecule has 2 heterocycles. The summed E-state index contributed by atoms with van der Waals surface area (Å²) in [6, 6.07) is 3.90. The molecule has 150 valence electrons. The molecule has 0 aliphatic heterocycles. The topological polar surface area (TPSA) is 80.3 Å². The SMILES string of the molecule is CCNC(=NCCCc1nnc(SC)n1CC(C)C)NCCc1ccco1. The summed E-state index contributed by atoms with van der Waals surface area (Å²) in [5, 5.41) is 16.3. The molecule has 27 heavy (non-hydrogen) atoms. The molecular weight excluding hydrogens is 360 g/mol. The maximum absolute atomic E-state index is 5.36. The Morgan fingerprint density at radius 2 is 2.15 bits per heavy atom. The zero-order valence-electron chi connectivity index (χ0n) is 16.9. The largest absolute Gasteiger partial charge is 0.469 e. The van der Waals surface area contributed by atoms with Gasteiger partial charge in [0.1, 0.15) is 11.6 Å². The minimum Gasteiger partial charge on any atom is -0.469 e. The molecule has 0 aliphatic carbocycles. The van der Waals surface area contributed by atoms with Gasteiger partial charge in [0.25, 0.3) is 0 Å². The maximum Gasteiger partial charge on any atom is 0.191 e. The number of nitrogens with one attached hydrogen (secondary N) is 2. The predicted molar refractivity (Wildman–Crippen MR) is 111 cm³/mol. The van der Waals surface area contributed by atoms with Crippen LogP contribution in [0.15, 0.2) is 33.0 Å². The third-order valence-electron chi connectivity index (χ3n) is 3.94. The van der Waals surface area contributed by atoms with Crippen molar-refractivity contribution in [1.82, 2.24) is 25.4 Å². The molecule has 0 spiro atoms. The second-order valence-corrected chi connectivity index (χ2v) is 7.50. The van der Waals surface area contributed by atoms with Crippen molar-refractivity contribution in [2.45, 2.75) is 51.7 Å². The van der Waals surface area contributed by atoms with E-state index in [1.807, 2.05) is 18.4 Å². The van der Waals surface area contributed by atoms with Gasteiger partial charge in [0.2, 0.25) is 0 Å². The van der Waals surface area contributed by atoms with Gasteiger partial charge in [-0.1, -0.05) is 25.6 Å². The zero-order chi connectivity index (χ0) is 19.5. The Morgan fingerprint density at radius 1 is 1.30 bits per heavy atom. The molecule has 0 unspecified atom stereocenters. The van der Waals surface area contributed by atoms with Crippen LogP contribution in [-0.2, 0) is 19.4 Å². The predicted octanol–water partition coefficient (Wildman–Crippen LogP) is 2.98. The van der Waals surface area contributed by atoms with Gasteiger partial charge in [-0.3, -0.25) is 4.99 Å². The lowest BCUT2D eigenvalue weighted by Gasteiger charge is -2.12. The van der Waals surface area contributed by atoms with E-state index in [-0.39, 0.29) is 0 Å². The summed E-state index contributed by atoms with van der Waals surface area (Å²) < 4.78 is 7.60. The highest BCUT2D eigenvalue weighted by Gasteiger charge is 2.12. The molecule has 0 saturated heterocycles. The Labute approximate surface area is 166 Å². The van der Waals surface area contributed by atoms with Crippen molar-refractivity contribution in [2.24, 2.45) is 10.9 Å². The van der Waals surface area contributed by atoms with Gasteiger partial charge in [0.15, 0.2) is 11.1 Å².